The van der Waals surface area contributed by atoms with E-state index in [0.29, 0.717) is 25.6 Å². The summed E-state index contributed by atoms with van der Waals surface area (Å²) < 4.78 is 10.8. The van der Waals surface area contributed by atoms with Crippen LogP contribution in [0.15, 0.2) is 24.3 Å². The lowest BCUT2D eigenvalue weighted by Crippen LogP contribution is -2.31. The van der Waals surface area contributed by atoms with Gasteiger partial charge in [0.2, 0.25) is 5.91 Å². The van der Waals surface area contributed by atoms with E-state index >= 15 is 0 Å². The minimum absolute atomic E-state index is 0.0533. The average molecular weight is 318 g/mol. The highest BCUT2D eigenvalue weighted by molar-refractivity contribution is 5.90. The normalized spacial score (nSPS) is 18.6. The molecule has 2 fully saturated rings. The first-order valence-electron chi connectivity index (χ1n) is 8.62. The Balaban J connectivity index is 1.33. The van der Waals surface area contributed by atoms with Gasteiger partial charge in [0, 0.05) is 24.6 Å². The van der Waals surface area contributed by atoms with Crippen LogP contribution in [0.25, 0.3) is 0 Å². The molecule has 2 aliphatic heterocycles. The number of carbonyl (C=O) groups excluding carboxylic acids is 1. The number of hydrogen-bond donors (Lipinski definition) is 1. The maximum Gasteiger partial charge on any atom is 0.224 e. The van der Waals surface area contributed by atoms with Gasteiger partial charge in [-0.3, -0.25) is 4.79 Å². The number of likely N-dealkylation sites (tertiary alicyclic amines) is 1. The van der Waals surface area contributed by atoms with Gasteiger partial charge in [-0.25, -0.2) is 0 Å². The van der Waals surface area contributed by atoms with Gasteiger partial charge in [-0.1, -0.05) is 0 Å². The molecule has 1 aromatic rings. The predicted molar refractivity (Wildman–Crippen MR) is 89.8 cm³/mol. The summed E-state index contributed by atoms with van der Waals surface area (Å²) in [5.41, 5.74) is 0.819. The standard InChI is InChI=1S/C18H26N2O3/c21-18(12-15-13-22-14-15)19-16-4-6-17(7-5-16)23-11-3-10-20-8-1-2-9-20/h4-7,15H,1-3,8-14H2,(H,19,21). The smallest absolute Gasteiger partial charge is 0.224 e. The van der Waals surface area contributed by atoms with Crippen molar-refractivity contribution in [3.8, 4) is 5.75 Å². The van der Waals surface area contributed by atoms with Crippen molar-refractivity contribution in [3.63, 3.8) is 0 Å². The van der Waals surface area contributed by atoms with Crippen LogP contribution in [0.1, 0.15) is 25.7 Å². The molecule has 0 unspecified atom stereocenters. The Morgan fingerprint density at radius 1 is 1.22 bits per heavy atom. The van der Waals surface area contributed by atoms with Crippen LogP contribution in [0, 0.1) is 5.92 Å². The summed E-state index contributed by atoms with van der Waals surface area (Å²) in [6.45, 7) is 5.75. The van der Waals surface area contributed by atoms with Crippen LogP contribution < -0.4 is 10.1 Å². The minimum atomic E-state index is 0.0533. The molecule has 5 nitrogen and oxygen atoms in total. The third-order valence-electron chi connectivity index (χ3n) is 4.41. The molecular formula is C18H26N2O3. The molecule has 0 aromatic heterocycles. The van der Waals surface area contributed by atoms with E-state index in [0.717, 1.165) is 31.0 Å². The SMILES string of the molecule is O=C(CC1COC1)Nc1ccc(OCCCN2CCCC2)cc1. The number of benzene rings is 1. The van der Waals surface area contributed by atoms with Crippen molar-refractivity contribution in [3.05, 3.63) is 24.3 Å². The van der Waals surface area contributed by atoms with Crippen LogP contribution in [0.4, 0.5) is 5.69 Å². The van der Waals surface area contributed by atoms with E-state index in [1.807, 2.05) is 24.3 Å². The molecule has 0 radical (unpaired) electrons. The van der Waals surface area contributed by atoms with Gasteiger partial charge in [0.15, 0.2) is 0 Å². The van der Waals surface area contributed by atoms with Crippen LogP contribution >= 0.6 is 0 Å². The second-order valence-corrected chi connectivity index (χ2v) is 6.43. The van der Waals surface area contributed by atoms with E-state index < -0.39 is 0 Å². The molecule has 1 aromatic carbocycles. The summed E-state index contributed by atoms with van der Waals surface area (Å²) in [5, 5.41) is 2.92. The zero-order valence-electron chi connectivity index (χ0n) is 13.6. The zero-order valence-corrected chi connectivity index (χ0v) is 13.6. The molecule has 0 bridgehead atoms. The fourth-order valence-electron chi connectivity index (χ4n) is 3.00. The number of ether oxygens (including phenoxy) is 2. The van der Waals surface area contributed by atoms with Gasteiger partial charge in [-0.15, -0.1) is 0 Å². The van der Waals surface area contributed by atoms with E-state index in [9.17, 15) is 4.79 Å². The highest BCUT2D eigenvalue weighted by Crippen LogP contribution is 2.18. The first kappa shape index (κ1) is 16.3. The molecule has 1 N–H and O–H groups in total. The van der Waals surface area contributed by atoms with Crippen molar-refractivity contribution in [1.29, 1.82) is 0 Å². The Morgan fingerprint density at radius 3 is 2.61 bits per heavy atom. The van der Waals surface area contributed by atoms with Crippen molar-refractivity contribution in [2.24, 2.45) is 5.92 Å². The van der Waals surface area contributed by atoms with Gasteiger partial charge in [0.25, 0.3) is 0 Å². The molecule has 126 valence electrons. The fourth-order valence-corrected chi connectivity index (χ4v) is 3.00. The average Bonchev–Trinajstić information content (AvgIpc) is 3.02. The summed E-state index contributed by atoms with van der Waals surface area (Å²) in [4.78, 5) is 14.3. The highest BCUT2D eigenvalue weighted by Gasteiger charge is 2.21. The van der Waals surface area contributed by atoms with E-state index in [2.05, 4.69) is 10.2 Å². The molecule has 3 rings (SSSR count). The van der Waals surface area contributed by atoms with E-state index in [-0.39, 0.29) is 5.91 Å². The zero-order chi connectivity index (χ0) is 15.9. The third-order valence-corrected chi connectivity index (χ3v) is 4.41. The Morgan fingerprint density at radius 2 is 1.96 bits per heavy atom. The number of amides is 1. The topological polar surface area (TPSA) is 50.8 Å². The maximum absolute atomic E-state index is 11.8. The summed E-state index contributed by atoms with van der Waals surface area (Å²) in [6.07, 6.45) is 4.26. The van der Waals surface area contributed by atoms with Gasteiger partial charge in [-0.05, 0) is 56.6 Å². The summed E-state index contributed by atoms with van der Waals surface area (Å²) in [5.74, 6) is 1.29. The first-order chi connectivity index (χ1) is 11.3. The lowest BCUT2D eigenvalue weighted by atomic mass is 10.0. The van der Waals surface area contributed by atoms with E-state index in [1.54, 1.807) is 0 Å². The Kier molecular flexibility index (Phi) is 5.88. The molecule has 5 heteroatoms. The maximum atomic E-state index is 11.8. The molecule has 2 heterocycles. The van der Waals surface area contributed by atoms with Gasteiger partial charge in [-0.2, -0.15) is 0 Å². The van der Waals surface area contributed by atoms with Gasteiger partial charge in [0.1, 0.15) is 5.75 Å². The third kappa shape index (κ3) is 5.22. The molecular weight excluding hydrogens is 292 g/mol. The van der Waals surface area contributed by atoms with E-state index in [1.165, 1.54) is 25.9 Å². The van der Waals surface area contributed by atoms with Crippen LogP contribution in [0.3, 0.4) is 0 Å². The summed E-state index contributed by atoms with van der Waals surface area (Å²) >= 11 is 0. The molecule has 0 atom stereocenters. The Labute approximate surface area is 137 Å². The van der Waals surface area contributed by atoms with Crippen LogP contribution in [0.2, 0.25) is 0 Å². The molecule has 2 aliphatic rings. The second kappa shape index (κ2) is 8.31. The molecule has 0 spiro atoms. The Hall–Kier alpha value is -1.59. The lowest BCUT2D eigenvalue weighted by molar-refractivity contribution is -0.121. The second-order valence-electron chi connectivity index (χ2n) is 6.43. The van der Waals surface area contributed by atoms with Gasteiger partial charge in [0.05, 0.1) is 19.8 Å². The van der Waals surface area contributed by atoms with Crippen molar-refractivity contribution in [1.82, 2.24) is 4.90 Å². The first-order valence-corrected chi connectivity index (χ1v) is 8.62. The largest absolute Gasteiger partial charge is 0.494 e. The van der Waals surface area contributed by atoms with Crippen molar-refractivity contribution >= 4 is 11.6 Å². The van der Waals surface area contributed by atoms with Crippen molar-refractivity contribution < 1.29 is 14.3 Å². The van der Waals surface area contributed by atoms with Crippen LogP contribution in [-0.4, -0.2) is 50.3 Å². The number of nitrogens with one attached hydrogen (secondary N) is 1. The molecule has 2 saturated heterocycles. The number of anilines is 1. The molecule has 0 saturated carbocycles. The van der Waals surface area contributed by atoms with Crippen LogP contribution in [0.5, 0.6) is 5.75 Å². The number of rotatable bonds is 8. The predicted octanol–water partition coefficient (Wildman–Crippen LogP) is 2.53. The number of hydrogen-bond acceptors (Lipinski definition) is 4. The van der Waals surface area contributed by atoms with Crippen molar-refractivity contribution in [2.45, 2.75) is 25.7 Å². The summed E-state index contributed by atoms with van der Waals surface area (Å²) in [6, 6.07) is 7.62. The molecule has 23 heavy (non-hydrogen) atoms. The fraction of sp³-hybridized carbons (Fsp3) is 0.611. The highest BCUT2D eigenvalue weighted by atomic mass is 16.5. The van der Waals surface area contributed by atoms with Gasteiger partial charge >= 0.3 is 0 Å². The number of nitrogens with zero attached hydrogens (tertiary/aromatic N) is 1. The number of carbonyl (C=O) groups is 1. The minimum Gasteiger partial charge on any atom is -0.494 e. The quantitative estimate of drug-likeness (QED) is 0.748. The summed E-state index contributed by atoms with van der Waals surface area (Å²) in [7, 11) is 0. The Bertz CT molecular complexity index is 493. The van der Waals surface area contributed by atoms with E-state index in [4.69, 9.17) is 9.47 Å². The van der Waals surface area contributed by atoms with Crippen LogP contribution in [-0.2, 0) is 9.53 Å². The molecule has 0 aliphatic carbocycles. The van der Waals surface area contributed by atoms with Crippen molar-refractivity contribution in [2.75, 3.05) is 44.8 Å². The molecule has 1 amide bonds. The lowest BCUT2D eigenvalue weighted by Gasteiger charge is -2.25. The monoisotopic (exact) mass is 318 g/mol. The van der Waals surface area contributed by atoms with Gasteiger partial charge < -0.3 is 19.7 Å².